The number of hydrogen-bond acceptors (Lipinski definition) is 2. The standard InChI is InChI=1S/C11H10Cl4O2/c12-4-2-1-3-10(16)17-11-8(14)5-7(13)6-9(11)15/h5-6H,1-4H2. The van der Waals surface area contributed by atoms with Crippen molar-refractivity contribution in [2.45, 2.75) is 19.3 Å². The number of rotatable bonds is 5. The van der Waals surface area contributed by atoms with Gasteiger partial charge in [0, 0.05) is 17.3 Å². The minimum Gasteiger partial charge on any atom is -0.423 e. The molecule has 0 amide bonds. The molecule has 0 radical (unpaired) electrons. The molecule has 0 fully saturated rings. The van der Waals surface area contributed by atoms with E-state index in [0.717, 1.165) is 6.42 Å². The third kappa shape index (κ3) is 4.92. The summed E-state index contributed by atoms with van der Waals surface area (Å²) in [4.78, 5) is 11.5. The summed E-state index contributed by atoms with van der Waals surface area (Å²) in [6, 6.07) is 2.94. The molecule has 0 aliphatic carbocycles. The lowest BCUT2D eigenvalue weighted by molar-refractivity contribution is -0.134. The van der Waals surface area contributed by atoms with Crippen molar-refractivity contribution in [2.75, 3.05) is 5.88 Å². The van der Waals surface area contributed by atoms with Crippen molar-refractivity contribution in [3.8, 4) is 5.75 Å². The second kappa shape index (κ2) is 7.32. The summed E-state index contributed by atoms with van der Waals surface area (Å²) >= 11 is 23.0. The van der Waals surface area contributed by atoms with Crippen molar-refractivity contribution in [1.29, 1.82) is 0 Å². The first-order chi connectivity index (χ1) is 8.04. The summed E-state index contributed by atoms with van der Waals surface area (Å²) in [6.45, 7) is 0. The summed E-state index contributed by atoms with van der Waals surface area (Å²) < 4.78 is 5.07. The number of esters is 1. The SMILES string of the molecule is O=C(CCCCCl)Oc1c(Cl)cc(Cl)cc1Cl. The maximum Gasteiger partial charge on any atom is 0.311 e. The minimum atomic E-state index is -0.388. The molecule has 0 N–H and O–H groups in total. The Hall–Kier alpha value is -0.150. The molecule has 0 spiro atoms. The van der Waals surface area contributed by atoms with Gasteiger partial charge in [-0.3, -0.25) is 4.79 Å². The van der Waals surface area contributed by atoms with E-state index in [4.69, 9.17) is 51.1 Å². The highest BCUT2D eigenvalue weighted by Gasteiger charge is 2.13. The van der Waals surface area contributed by atoms with Crippen LogP contribution in [0.4, 0.5) is 0 Å². The number of halogens is 4. The normalized spacial score (nSPS) is 10.4. The van der Waals surface area contributed by atoms with E-state index in [1.807, 2.05) is 0 Å². The average Bonchev–Trinajstić information content (AvgIpc) is 2.24. The molecular weight excluding hydrogens is 306 g/mol. The summed E-state index contributed by atoms with van der Waals surface area (Å²) in [5, 5.41) is 0.823. The second-order valence-electron chi connectivity index (χ2n) is 3.32. The van der Waals surface area contributed by atoms with Crippen LogP contribution in [0.1, 0.15) is 19.3 Å². The van der Waals surface area contributed by atoms with E-state index in [1.54, 1.807) is 0 Å². The molecule has 0 aliphatic heterocycles. The van der Waals surface area contributed by atoms with Crippen molar-refractivity contribution in [1.82, 2.24) is 0 Å². The van der Waals surface area contributed by atoms with Crippen LogP contribution in [-0.4, -0.2) is 11.8 Å². The molecule has 0 bridgehead atoms. The van der Waals surface area contributed by atoms with Crippen LogP contribution in [0.5, 0.6) is 5.75 Å². The molecule has 0 aromatic heterocycles. The zero-order chi connectivity index (χ0) is 12.8. The smallest absolute Gasteiger partial charge is 0.311 e. The van der Waals surface area contributed by atoms with Crippen LogP contribution in [0.2, 0.25) is 15.1 Å². The topological polar surface area (TPSA) is 26.3 Å². The summed E-state index contributed by atoms with van der Waals surface area (Å²) in [5.41, 5.74) is 0. The Balaban J connectivity index is 2.65. The Morgan fingerprint density at radius 2 is 1.71 bits per heavy atom. The first kappa shape index (κ1) is 14.9. The number of ether oxygens (including phenoxy) is 1. The maximum atomic E-state index is 11.5. The fourth-order valence-corrected chi connectivity index (χ4v) is 2.24. The van der Waals surface area contributed by atoms with Crippen molar-refractivity contribution in [3.63, 3.8) is 0 Å². The highest BCUT2D eigenvalue weighted by Crippen LogP contribution is 2.36. The second-order valence-corrected chi connectivity index (χ2v) is 4.95. The fraction of sp³-hybridized carbons (Fsp3) is 0.364. The highest BCUT2D eigenvalue weighted by molar-refractivity contribution is 6.40. The predicted octanol–water partition coefficient (Wildman–Crippen LogP) is 4.96. The molecule has 0 heterocycles. The molecule has 0 saturated carbocycles. The monoisotopic (exact) mass is 314 g/mol. The molecule has 2 nitrogen and oxygen atoms in total. The van der Waals surface area contributed by atoms with Gasteiger partial charge in [-0.25, -0.2) is 0 Å². The van der Waals surface area contributed by atoms with Crippen molar-refractivity contribution >= 4 is 52.4 Å². The van der Waals surface area contributed by atoms with Gasteiger partial charge in [0.1, 0.15) is 0 Å². The van der Waals surface area contributed by atoms with Crippen LogP contribution in [0.3, 0.4) is 0 Å². The van der Waals surface area contributed by atoms with Gasteiger partial charge in [-0.05, 0) is 25.0 Å². The van der Waals surface area contributed by atoms with E-state index >= 15 is 0 Å². The van der Waals surface area contributed by atoms with Crippen molar-refractivity contribution in [2.24, 2.45) is 0 Å². The summed E-state index contributed by atoms with van der Waals surface area (Å²) in [6.07, 6.45) is 1.71. The first-order valence-electron chi connectivity index (χ1n) is 4.95. The Morgan fingerprint density at radius 1 is 1.12 bits per heavy atom. The molecule has 1 aromatic rings. The number of carbonyl (C=O) groups excluding carboxylic acids is 1. The summed E-state index contributed by atoms with van der Waals surface area (Å²) in [7, 11) is 0. The Kier molecular flexibility index (Phi) is 6.42. The molecule has 94 valence electrons. The van der Waals surface area contributed by atoms with Crippen LogP contribution in [-0.2, 0) is 4.79 Å². The van der Waals surface area contributed by atoms with Crippen LogP contribution in [0.15, 0.2) is 12.1 Å². The molecule has 6 heteroatoms. The van der Waals surface area contributed by atoms with E-state index in [9.17, 15) is 4.79 Å². The lowest BCUT2D eigenvalue weighted by Crippen LogP contribution is -2.08. The van der Waals surface area contributed by atoms with Gasteiger partial charge in [-0.2, -0.15) is 0 Å². The average molecular weight is 316 g/mol. The summed E-state index contributed by atoms with van der Waals surface area (Å²) in [5.74, 6) is 0.283. The van der Waals surface area contributed by atoms with Gasteiger partial charge < -0.3 is 4.74 Å². The Morgan fingerprint density at radius 3 is 2.24 bits per heavy atom. The van der Waals surface area contributed by atoms with Crippen LogP contribution < -0.4 is 4.74 Å². The van der Waals surface area contributed by atoms with E-state index in [2.05, 4.69) is 0 Å². The molecule has 17 heavy (non-hydrogen) atoms. The van der Waals surface area contributed by atoms with Gasteiger partial charge in [0.25, 0.3) is 0 Å². The van der Waals surface area contributed by atoms with Gasteiger partial charge in [-0.15, -0.1) is 11.6 Å². The van der Waals surface area contributed by atoms with Crippen LogP contribution >= 0.6 is 46.4 Å². The molecule has 1 aromatic carbocycles. The Bertz CT molecular complexity index is 383. The van der Waals surface area contributed by atoms with Gasteiger partial charge in [0.2, 0.25) is 0 Å². The first-order valence-corrected chi connectivity index (χ1v) is 6.62. The number of hydrogen-bond donors (Lipinski definition) is 0. The molecule has 0 atom stereocenters. The molecule has 1 rings (SSSR count). The van der Waals surface area contributed by atoms with Gasteiger partial charge >= 0.3 is 5.97 Å². The van der Waals surface area contributed by atoms with Gasteiger partial charge in [-0.1, -0.05) is 34.8 Å². The largest absolute Gasteiger partial charge is 0.423 e. The van der Waals surface area contributed by atoms with Gasteiger partial charge in [0.15, 0.2) is 5.75 Å². The van der Waals surface area contributed by atoms with E-state index in [0.29, 0.717) is 17.3 Å². The van der Waals surface area contributed by atoms with Gasteiger partial charge in [0.05, 0.1) is 10.0 Å². The number of alkyl halides is 1. The lowest BCUT2D eigenvalue weighted by atomic mass is 10.2. The third-order valence-electron chi connectivity index (χ3n) is 1.94. The highest BCUT2D eigenvalue weighted by atomic mass is 35.5. The molecule has 0 unspecified atom stereocenters. The Labute approximate surface area is 120 Å². The van der Waals surface area contributed by atoms with E-state index in [1.165, 1.54) is 12.1 Å². The lowest BCUT2D eigenvalue weighted by Gasteiger charge is -2.08. The molecule has 0 aliphatic rings. The van der Waals surface area contributed by atoms with Crippen molar-refractivity contribution < 1.29 is 9.53 Å². The van der Waals surface area contributed by atoms with Crippen LogP contribution in [0.25, 0.3) is 0 Å². The predicted molar refractivity (Wildman–Crippen MR) is 71.7 cm³/mol. The van der Waals surface area contributed by atoms with E-state index < -0.39 is 0 Å². The fourth-order valence-electron chi connectivity index (χ4n) is 1.16. The molecule has 0 saturated heterocycles. The minimum absolute atomic E-state index is 0.147. The zero-order valence-corrected chi connectivity index (χ0v) is 11.8. The van der Waals surface area contributed by atoms with Crippen molar-refractivity contribution in [3.05, 3.63) is 27.2 Å². The quantitative estimate of drug-likeness (QED) is 0.332. The number of benzene rings is 1. The maximum absolute atomic E-state index is 11.5. The number of carbonyl (C=O) groups is 1. The molecular formula is C11H10Cl4O2. The number of unbranched alkanes of at least 4 members (excludes halogenated alkanes) is 1. The zero-order valence-electron chi connectivity index (χ0n) is 8.81. The van der Waals surface area contributed by atoms with Crippen LogP contribution in [0, 0.1) is 0 Å². The van der Waals surface area contributed by atoms with E-state index in [-0.39, 0.29) is 28.2 Å². The third-order valence-corrected chi connectivity index (χ3v) is 2.99.